The van der Waals surface area contributed by atoms with Crippen LogP contribution >= 0.6 is 8.22 Å². The molecule has 0 spiro atoms. The molecule has 0 aromatic carbocycles. The maximum atomic E-state index is 11.3. The fourth-order valence-electron chi connectivity index (χ4n) is 1.61. The summed E-state index contributed by atoms with van der Waals surface area (Å²) in [5.74, 6) is 0.143. The third-order valence-electron chi connectivity index (χ3n) is 2.01. The monoisotopic (exact) mass is 218 g/mol. The lowest BCUT2D eigenvalue weighted by atomic mass is 10.3. The van der Waals surface area contributed by atoms with Gasteiger partial charge in [0.25, 0.3) is 0 Å². The molecule has 0 aromatic rings. The van der Waals surface area contributed by atoms with Crippen LogP contribution < -0.4 is 5.09 Å². The minimum absolute atomic E-state index is 0.143. The number of hydrogen-bond acceptors (Lipinski definition) is 2. The van der Waals surface area contributed by atoms with Gasteiger partial charge in [0.05, 0.1) is 8.22 Å². The van der Waals surface area contributed by atoms with Crippen LogP contribution in [0.3, 0.4) is 0 Å². The summed E-state index contributed by atoms with van der Waals surface area (Å²) in [5, 5.41) is 3.04. The van der Waals surface area contributed by atoms with Crippen LogP contribution in [0.4, 0.5) is 0 Å². The highest BCUT2D eigenvalue weighted by Gasteiger charge is 2.21. The second-order valence-electron chi connectivity index (χ2n) is 3.98. The van der Waals surface area contributed by atoms with Crippen molar-refractivity contribution in [2.45, 2.75) is 53.1 Å². The lowest BCUT2D eigenvalue weighted by Gasteiger charge is -2.35. The summed E-state index contributed by atoms with van der Waals surface area (Å²) in [6.07, 6.45) is 0.566. The van der Waals surface area contributed by atoms with E-state index in [1.165, 1.54) is 0 Å². The molecule has 84 valence electrons. The van der Waals surface area contributed by atoms with Gasteiger partial charge in [-0.1, -0.05) is 6.92 Å². The average Bonchev–Trinajstić information content (AvgIpc) is 2.02. The number of amides is 1. The van der Waals surface area contributed by atoms with Crippen LogP contribution in [-0.2, 0) is 4.79 Å². The Labute approximate surface area is 89.1 Å². The third kappa shape index (κ3) is 4.39. The molecule has 1 atom stereocenters. The zero-order valence-corrected chi connectivity index (χ0v) is 11.1. The molecule has 0 aliphatic carbocycles. The Balaban J connectivity index is 4.29. The van der Waals surface area contributed by atoms with E-state index in [0.29, 0.717) is 18.5 Å². The SMILES string of the molecule is CCC(=O)NP(C)N(C(C)C)C(C)C. The molecule has 0 saturated heterocycles. The summed E-state index contributed by atoms with van der Waals surface area (Å²) in [5.41, 5.74) is 0. The van der Waals surface area contributed by atoms with Crippen molar-refractivity contribution in [2.75, 3.05) is 6.66 Å². The van der Waals surface area contributed by atoms with Crippen LogP contribution in [0.2, 0.25) is 0 Å². The van der Waals surface area contributed by atoms with Gasteiger partial charge in [0.15, 0.2) is 0 Å². The van der Waals surface area contributed by atoms with Crippen molar-refractivity contribution in [2.24, 2.45) is 0 Å². The zero-order valence-electron chi connectivity index (χ0n) is 10.2. The van der Waals surface area contributed by atoms with Gasteiger partial charge in [-0.2, -0.15) is 0 Å². The number of carbonyl (C=O) groups is 1. The lowest BCUT2D eigenvalue weighted by molar-refractivity contribution is -0.119. The molecule has 0 rings (SSSR count). The molecule has 0 radical (unpaired) electrons. The van der Waals surface area contributed by atoms with E-state index in [-0.39, 0.29) is 5.91 Å². The molecule has 0 saturated carbocycles. The number of nitrogens with one attached hydrogen (secondary N) is 1. The van der Waals surface area contributed by atoms with E-state index < -0.39 is 8.22 Å². The Morgan fingerprint density at radius 3 is 2.00 bits per heavy atom. The molecule has 0 fully saturated rings. The predicted molar refractivity (Wildman–Crippen MR) is 63.4 cm³/mol. The predicted octanol–water partition coefficient (Wildman–Crippen LogP) is 2.57. The number of carbonyl (C=O) groups excluding carboxylic acids is 1. The van der Waals surface area contributed by atoms with Crippen molar-refractivity contribution in [3.05, 3.63) is 0 Å². The number of hydrogen-bond donors (Lipinski definition) is 1. The molecule has 0 aliphatic rings. The molecule has 0 aromatic heterocycles. The van der Waals surface area contributed by atoms with Crippen molar-refractivity contribution in [1.82, 2.24) is 9.76 Å². The fourth-order valence-corrected chi connectivity index (χ4v) is 3.63. The first kappa shape index (κ1) is 13.9. The quantitative estimate of drug-likeness (QED) is 0.719. The fraction of sp³-hybridized carbons (Fsp3) is 0.900. The van der Waals surface area contributed by atoms with Gasteiger partial charge in [0, 0.05) is 18.5 Å². The van der Waals surface area contributed by atoms with Gasteiger partial charge in [-0.3, -0.25) is 9.46 Å². The highest BCUT2D eigenvalue weighted by Crippen LogP contribution is 2.35. The van der Waals surface area contributed by atoms with E-state index in [0.717, 1.165) is 0 Å². The van der Waals surface area contributed by atoms with Crippen LogP contribution in [0.5, 0.6) is 0 Å². The van der Waals surface area contributed by atoms with Gasteiger partial charge in [0.1, 0.15) is 0 Å². The van der Waals surface area contributed by atoms with Crippen LogP contribution in [-0.4, -0.2) is 29.3 Å². The smallest absolute Gasteiger partial charge is 0.223 e. The highest BCUT2D eigenvalue weighted by molar-refractivity contribution is 7.53. The molecule has 4 heteroatoms. The van der Waals surface area contributed by atoms with E-state index in [4.69, 9.17) is 0 Å². The maximum absolute atomic E-state index is 11.3. The summed E-state index contributed by atoms with van der Waals surface area (Å²) in [7, 11) is -0.534. The minimum atomic E-state index is -0.534. The van der Waals surface area contributed by atoms with E-state index in [9.17, 15) is 4.79 Å². The van der Waals surface area contributed by atoms with Gasteiger partial charge < -0.3 is 5.09 Å². The zero-order chi connectivity index (χ0) is 11.3. The Bertz CT molecular complexity index is 175. The second-order valence-corrected chi connectivity index (χ2v) is 5.71. The molecule has 1 unspecified atom stereocenters. The molecule has 0 bridgehead atoms. The first-order valence-electron chi connectivity index (χ1n) is 5.21. The van der Waals surface area contributed by atoms with Crippen molar-refractivity contribution in [3.63, 3.8) is 0 Å². The summed E-state index contributed by atoms with van der Waals surface area (Å²) < 4.78 is 2.35. The second kappa shape index (κ2) is 6.36. The molecule has 0 aliphatic heterocycles. The largest absolute Gasteiger partial charge is 0.323 e. The molecule has 1 N–H and O–H groups in total. The van der Waals surface area contributed by atoms with Crippen LogP contribution in [0.25, 0.3) is 0 Å². The van der Waals surface area contributed by atoms with Crippen LogP contribution in [0, 0.1) is 0 Å². The Morgan fingerprint density at radius 1 is 1.29 bits per heavy atom. The Morgan fingerprint density at radius 2 is 1.71 bits per heavy atom. The van der Waals surface area contributed by atoms with Crippen molar-refractivity contribution >= 4 is 14.1 Å². The van der Waals surface area contributed by atoms with E-state index in [1.807, 2.05) is 6.92 Å². The van der Waals surface area contributed by atoms with Gasteiger partial charge in [-0.25, -0.2) is 0 Å². The molecule has 1 amide bonds. The van der Waals surface area contributed by atoms with Gasteiger partial charge in [-0.05, 0) is 34.4 Å². The third-order valence-corrected chi connectivity index (χ3v) is 4.20. The number of nitrogens with zero attached hydrogens (tertiary/aromatic N) is 1. The summed E-state index contributed by atoms with van der Waals surface area (Å²) in [6.45, 7) is 12.6. The van der Waals surface area contributed by atoms with E-state index in [1.54, 1.807) is 0 Å². The normalized spacial score (nSPS) is 13.8. The topological polar surface area (TPSA) is 32.3 Å². The molecule has 3 nitrogen and oxygen atoms in total. The average molecular weight is 218 g/mol. The minimum Gasteiger partial charge on any atom is -0.323 e. The molecular formula is C10H23N2OP. The standard InChI is InChI=1S/C10H23N2OP/c1-7-10(13)11-14(6)12(8(2)3)9(4)5/h8-9H,7H2,1-6H3,(H,11,13). The van der Waals surface area contributed by atoms with E-state index in [2.05, 4.69) is 44.1 Å². The lowest BCUT2D eigenvalue weighted by Crippen LogP contribution is -2.37. The maximum Gasteiger partial charge on any atom is 0.223 e. The molecule has 0 heterocycles. The Kier molecular flexibility index (Phi) is 6.30. The van der Waals surface area contributed by atoms with Crippen molar-refractivity contribution in [3.8, 4) is 0 Å². The van der Waals surface area contributed by atoms with Gasteiger partial charge in [0.2, 0.25) is 5.91 Å². The first-order chi connectivity index (χ1) is 6.40. The molecule has 14 heavy (non-hydrogen) atoms. The first-order valence-corrected chi connectivity index (χ1v) is 6.95. The van der Waals surface area contributed by atoms with Gasteiger partial charge in [-0.15, -0.1) is 0 Å². The summed E-state index contributed by atoms with van der Waals surface area (Å²) >= 11 is 0. The van der Waals surface area contributed by atoms with Crippen molar-refractivity contribution in [1.29, 1.82) is 0 Å². The summed E-state index contributed by atoms with van der Waals surface area (Å²) in [4.78, 5) is 11.3. The highest BCUT2D eigenvalue weighted by atomic mass is 31.1. The van der Waals surface area contributed by atoms with Crippen molar-refractivity contribution < 1.29 is 4.79 Å². The Hall–Kier alpha value is -0.140. The van der Waals surface area contributed by atoms with Gasteiger partial charge >= 0.3 is 0 Å². The summed E-state index contributed by atoms with van der Waals surface area (Å²) in [6, 6.07) is 0.950. The van der Waals surface area contributed by atoms with Crippen LogP contribution in [0.1, 0.15) is 41.0 Å². The number of rotatable bonds is 5. The molecular weight excluding hydrogens is 195 g/mol. The van der Waals surface area contributed by atoms with Crippen LogP contribution in [0.15, 0.2) is 0 Å². The van der Waals surface area contributed by atoms with E-state index >= 15 is 0 Å².